The van der Waals surface area contributed by atoms with Gasteiger partial charge in [0.2, 0.25) is 0 Å². The van der Waals surface area contributed by atoms with Gasteiger partial charge in [-0.1, -0.05) is 0 Å². The van der Waals surface area contributed by atoms with Gasteiger partial charge < -0.3 is 4.98 Å². The second-order valence-corrected chi connectivity index (χ2v) is 6.20. The molecular weight excluding hydrogens is 302 g/mol. The molecule has 1 N–H and O–H groups in total. The van der Waals surface area contributed by atoms with Gasteiger partial charge in [-0.3, -0.25) is 19.7 Å². The normalized spacial score (nSPS) is 10.5. The smallest absolute Gasteiger partial charge is 0.294 e. The number of carbonyl (C=O) groups is 1. The standard InChI is InChI=1S/C11H9N3O4S2/c1-5-3-9(16)13-11(12-5)20-10-7(14(17)18)4-8(19-10)6(2)15/h3-4H,1-2H3,(H,12,13,16). The minimum atomic E-state index is -0.556. The van der Waals surface area contributed by atoms with Gasteiger partial charge >= 0.3 is 0 Å². The number of nitrogens with one attached hydrogen (secondary N) is 1. The van der Waals surface area contributed by atoms with Gasteiger partial charge in [-0.15, -0.1) is 11.3 Å². The third-order valence-electron chi connectivity index (χ3n) is 2.26. The lowest BCUT2D eigenvalue weighted by atomic mass is 10.3. The number of aromatic amines is 1. The number of thiophene rings is 1. The second-order valence-electron chi connectivity index (χ2n) is 3.89. The summed E-state index contributed by atoms with van der Waals surface area (Å²) in [6, 6.07) is 2.57. The van der Waals surface area contributed by atoms with Crippen molar-refractivity contribution < 1.29 is 9.72 Å². The van der Waals surface area contributed by atoms with Crippen LogP contribution in [0.4, 0.5) is 5.69 Å². The Hall–Kier alpha value is -2.00. The van der Waals surface area contributed by atoms with Gasteiger partial charge in [0.15, 0.2) is 10.9 Å². The Labute approximate surface area is 121 Å². The van der Waals surface area contributed by atoms with Crippen LogP contribution in [-0.2, 0) is 0 Å². The molecular formula is C11H9N3O4S2. The first-order chi connectivity index (χ1) is 9.36. The summed E-state index contributed by atoms with van der Waals surface area (Å²) in [5.41, 5.74) is 0.0302. The highest BCUT2D eigenvalue weighted by Gasteiger charge is 2.22. The van der Waals surface area contributed by atoms with Crippen molar-refractivity contribution in [3.05, 3.63) is 43.2 Å². The zero-order chi connectivity index (χ0) is 14.9. The number of hydrogen-bond donors (Lipinski definition) is 1. The van der Waals surface area contributed by atoms with Gasteiger partial charge in [-0.05, 0) is 25.6 Å². The molecule has 0 saturated heterocycles. The number of aromatic nitrogens is 2. The summed E-state index contributed by atoms with van der Waals surface area (Å²) in [4.78, 5) is 39.9. The van der Waals surface area contributed by atoms with E-state index in [1.165, 1.54) is 19.1 Å². The quantitative estimate of drug-likeness (QED) is 0.402. The predicted molar refractivity (Wildman–Crippen MR) is 74.7 cm³/mol. The van der Waals surface area contributed by atoms with E-state index in [4.69, 9.17) is 0 Å². The number of H-pyrrole nitrogens is 1. The van der Waals surface area contributed by atoms with Crippen molar-refractivity contribution in [3.63, 3.8) is 0 Å². The Morgan fingerprint density at radius 1 is 1.50 bits per heavy atom. The molecule has 0 amide bonds. The van der Waals surface area contributed by atoms with Crippen LogP contribution in [0.25, 0.3) is 0 Å². The highest BCUT2D eigenvalue weighted by molar-refractivity contribution is 8.01. The first-order valence-electron chi connectivity index (χ1n) is 5.42. The second kappa shape index (κ2) is 5.55. The fourth-order valence-electron chi connectivity index (χ4n) is 1.43. The molecule has 9 heteroatoms. The molecule has 0 aromatic carbocycles. The number of Topliss-reactive ketones (excluding diaryl/α,β-unsaturated/α-hetero) is 1. The van der Waals surface area contributed by atoms with Gasteiger partial charge in [-0.25, -0.2) is 4.98 Å². The van der Waals surface area contributed by atoms with Crippen molar-refractivity contribution in [3.8, 4) is 0 Å². The monoisotopic (exact) mass is 311 g/mol. The van der Waals surface area contributed by atoms with E-state index < -0.39 is 4.92 Å². The minimum Gasteiger partial charge on any atom is -0.301 e. The summed E-state index contributed by atoms with van der Waals surface area (Å²) in [5, 5.41) is 11.2. The van der Waals surface area contributed by atoms with Crippen molar-refractivity contribution in [2.24, 2.45) is 0 Å². The maximum absolute atomic E-state index is 11.3. The molecule has 104 valence electrons. The van der Waals surface area contributed by atoms with E-state index in [1.54, 1.807) is 6.92 Å². The van der Waals surface area contributed by atoms with Gasteiger partial charge in [0.25, 0.3) is 11.2 Å². The Balaban J connectivity index is 2.44. The summed E-state index contributed by atoms with van der Waals surface area (Å²) in [5.74, 6) is -0.240. The van der Waals surface area contributed by atoms with E-state index in [9.17, 15) is 19.7 Å². The van der Waals surface area contributed by atoms with Crippen LogP contribution in [0.15, 0.2) is 26.3 Å². The average Bonchev–Trinajstić information content (AvgIpc) is 2.71. The Kier molecular flexibility index (Phi) is 4.00. The number of nitrogens with zero attached hydrogens (tertiary/aromatic N) is 2. The van der Waals surface area contributed by atoms with Crippen LogP contribution >= 0.6 is 23.1 Å². The van der Waals surface area contributed by atoms with E-state index in [-0.39, 0.29) is 22.2 Å². The lowest BCUT2D eigenvalue weighted by Crippen LogP contribution is -2.07. The first-order valence-corrected chi connectivity index (χ1v) is 7.05. The summed E-state index contributed by atoms with van der Waals surface area (Å²) < 4.78 is 0.314. The summed E-state index contributed by atoms with van der Waals surface area (Å²) in [6.07, 6.45) is 0. The third-order valence-corrected chi connectivity index (χ3v) is 4.56. The van der Waals surface area contributed by atoms with Crippen LogP contribution in [0.1, 0.15) is 22.3 Å². The highest BCUT2D eigenvalue weighted by atomic mass is 32.2. The van der Waals surface area contributed by atoms with Gasteiger partial charge in [0, 0.05) is 17.8 Å². The van der Waals surface area contributed by atoms with Crippen LogP contribution in [0.5, 0.6) is 0 Å². The van der Waals surface area contributed by atoms with E-state index >= 15 is 0 Å². The maximum Gasteiger partial charge on any atom is 0.294 e. The summed E-state index contributed by atoms with van der Waals surface area (Å²) in [6.45, 7) is 3.00. The predicted octanol–water partition coefficient (Wildman–Crippen LogP) is 2.40. The number of aryl methyl sites for hydroxylation is 1. The number of carbonyl (C=O) groups excluding carboxylic acids is 1. The molecule has 0 saturated carbocycles. The fraction of sp³-hybridized carbons (Fsp3) is 0.182. The van der Waals surface area contributed by atoms with Crippen molar-refractivity contribution >= 4 is 34.6 Å². The number of nitro groups is 1. The van der Waals surface area contributed by atoms with Gasteiger partial charge in [-0.2, -0.15) is 0 Å². The molecule has 2 aromatic rings. The molecule has 0 unspecified atom stereocenters. The first kappa shape index (κ1) is 14.4. The van der Waals surface area contributed by atoms with Gasteiger partial charge in [0.1, 0.15) is 4.21 Å². The van der Waals surface area contributed by atoms with Crippen molar-refractivity contribution in [2.45, 2.75) is 23.2 Å². The summed E-state index contributed by atoms with van der Waals surface area (Å²) in [7, 11) is 0. The number of rotatable bonds is 4. The largest absolute Gasteiger partial charge is 0.301 e. The SMILES string of the molecule is CC(=O)c1cc([N+](=O)[O-])c(Sc2nc(C)cc(=O)[nH]2)s1. The van der Waals surface area contributed by atoms with E-state index in [2.05, 4.69) is 9.97 Å². The molecule has 2 aromatic heterocycles. The minimum absolute atomic E-state index is 0.158. The van der Waals surface area contributed by atoms with Crippen molar-refractivity contribution in [1.29, 1.82) is 0 Å². The molecule has 0 fully saturated rings. The molecule has 2 heterocycles. The Bertz CT molecular complexity index is 750. The maximum atomic E-state index is 11.3. The van der Waals surface area contributed by atoms with E-state index in [0.29, 0.717) is 14.8 Å². The Morgan fingerprint density at radius 3 is 2.75 bits per heavy atom. The average molecular weight is 311 g/mol. The van der Waals surface area contributed by atoms with Crippen LogP contribution < -0.4 is 5.56 Å². The lowest BCUT2D eigenvalue weighted by molar-refractivity contribution is -0.387. The molecule has 0 atom stereocenters. The zero-order valence-electron chi connectivity index (χ0n) is 10.5. The van der Waals surface area contributed by atoms with Crippen LogP contribution in [0, 0.1) is 17.0 Å². The van der Waals surface area contributed by atoms with Crippen LogP contribution in [0.3, 0.4) is 0 Å². The number of ketones is 1. The number of hydrogen-bond acceptors (Lipinski definition) is 7. The fourth-order valence-corrected chi connectivity index (χ4v) is 3.61. The van der Waals surface area contributed by atoms with Crippen LogP contribution in [0.2, 0.25) is 0 Å². The van der Waals surface area contributed by atoms with E-state index in [0.717, 1.165) is 23.1 Å². The molecule has 0 spiro atoms. The topological polar surface area (TPSA) is 106 Å². The van der Waals surface area contributed by atoms with Crippen molar-refractivity contribution in [2.75, 3.05) is 0 Å². The Morgan fingerprint density at radius 2 is 2.20 bits per heavy atom. The van der Waals surface area contributed by atoms with Gasteiger partial charge in [0.05, 0.1) is 9.80 Å². The molecule has 20 heavy (non-hydrogen) atoms. The third kappa shape index (κ3) is 3.11. The molecule has 2 rings (SSSR count). The highest BCUT2D eigenvalue weighted by Crippen LogP contribution is 2.40. The van der Waals surface area contributed by atoms with Crippen molar-refractivity contribution in [1.82, 2.24) is 9.97 Å². The lowest BCUT2D eigenvalue weighted by Gasteiger charge is -1.98. The summed E-state index contributed by atoms with van der Waals surface area (Å²) >= 11 is 1.98. The zero-order valence-corrected chi connectivity index (χ0v) is 12.1. The van der Waals surface area contributed by atoms with E-state index in [1.807, 2.05) is 0 Å². The molecule has 0 radical (unpaired) electrons. The molecule has 0 aliphatic rings. The molecule has 0 aliphatic carbocycles. The molecule has 0 bridgehead atoms. The molecule has 7 nitrogen and oxygen atoms in total. The van der Waals surface area contributed by atoms with Crippen LogP contribution in [-0.4, -0.2) is 20.7 Å². The molecule has 0 aliphatic heterocycles.